The highest BCUT2D eigenvalue weighted by Crippen LogP contribution is 2.48. The second-order valence-corrected chi connectivity index (χ2v) is 8.00. The molecule has 4 aromatic rings. The van der Waals surface area contributed by atoms with Gasteiger partial charge in [0.2, 0.25) is 0 Å². The van der Waals surface area contributed by atoms with Gasteiger partial charge in [-0.1, -0.05) is 12.1 Å². The van der Waals surface area contributed by atoms with Gasteiger partial charge in [-0.25, -0.2) is 9.18 Å². The smallest absolute Gasteiger partial charge is 0.330 e. The minimum Gasteiger partial charge on any atom is -0.497 e. The molecule has 0 saturated carbocycles. The predicted molar refractivity (Wildman–Crippen MR) is 128 cm³/mol. The summed E-state index contributed by atoms with van der Waals surface area (Å²) in [5.41, 5.74) is 1.69. The Morgan fingerprint density at radius 1 is 0.879 bits per heavy atom. The maximum absolute atomic E-state index is 15.0. The number of halogens is 1. The Bertz CT molecular complexity index is 1310. The van der Waals surface area contributed by atoms with Crippen molar-refractivity contribution in [1.29, 1.82) is 0 Å². The summed E-state index contributed by atoms with van der Waals surface area (Å²) < 4.78 is 36.8. The number of thiophene rings is 1. The number of carbonyl (C=O) groups excluding carboxylic acids is 1. The molecule has 0 amide bonds. The van der Waals surface area contributed by atoms with Gasteiger partial charge in [-0.2, -0.15) is 0 Å². The third-order valence-electron chi connectivity index (χ3n) is 5.00. The number of ether oxygens (including phenoxy) is 4. The average molecular weight is 465 g/mol. The van der Waals surface area contributed by atoms with Crippen molar-refractivity contribution in [3.8, 4) is 33.4 Å². The number of fused-ring (bicyclic) bond motifs is 1. The summed E-state index contributed by atoms with van der Waals surface area (Å²) in [6.07, 6.45) is 3.00. The summed E-state index contributed by atoms with van der Waals surface area (Å²) >= 11 is 1.30. The lowest BCUT2D eigenvalue weighted by Crippen LogP contribution is -1.93. The maximum Gasteiger partial charge on any atom is 0.330 e. The molecule has 0 radical (unpaired) electrons. The molecule has 4 rings (SSSR count). The third kappa shape index (κ3) is 4.68. The van der Waals surface area contributed by atoms with E-state index in [-0.39, 0.29) is 5.75 Å². The maximum atomic E-state index is 15.0. The van der Waals surface area contributed by atoms with Gasteiger partial charge < -0.3 is 18.9 Å². The Morgan fingerprint density at radius 2 is 1.58 bits per heavy atom. The summed E-state index contributed by atoms with van der Waals surface area (Å²) in [5.74, 6) is 1.19. The number of esters is 1. The number of hydrogen-bond acceptors (Lipinski definition) is 6. The van der Waals surface area contributed by atoms with Crippen LogP contribution in [-0.4, -0.2) is 27.3 Å². The average Bonchev–Trinajstić information content (AvgIpc) is 3.22. The van der Waals surface area contributed by atoms with Crippen molar-refractivity contribution < 1.29 is 28.1 Å². The van der Waals surface area contributed by atoms with E-state index < -0.39 is 11.8 Å². The van der Waals surface area contributed by atoms with Crippen LogP contribution in [0.1, 0.15) is 5.56 Å². The highest BCUT2D eigenvalue weighted by molar-refractivity contribution is 7.22. The van der Waals surface area contributed by atoms with E-state index in [1.165, 1.54) is 31.6 Å². The lowest BCUT2D eigenvalue weighted by atomic mass is 10.1. The zero-order valence-corrected chi connectivity index (χ0v) is 19.1. The number of hydrogen-bond donors (Lipinski definition) is 0. The van der Waals surface area contributed by atoms with Crippen molar-refractivity contribution in [2.75, 3.05) is 21.3 Å². The van der Waals surface area contributed by atoms with Crippen LogP contribution in [0.4, 0.5) is 4.39 Å². The largest absolute Gasteiger partial charge is 0.497 e. The van der Waals surface area contributed by atoms with Gasteiger partial charge in [-0.05, 0) is 65.7 Å². The molecule has 0 bridgehead atoms. The Hall–Kier alpha value is -3.84. The first-order chi connectivity index (χ1) is 16.0. The van der Waals surface area contributed by atoms with Crippen LogP contribution in [0.15, 0.2) is 66.7 Å². The van der Waals surface area contributed by atoms with Crippen molar-refractivity contribution in [2.45, 2.75) is 0 Å². The second-order valence-electron chi connectivity index (χ2n) is 6.97. The molecule has 33 heavy (non-hydrogen) atoms. The van der Waals surface area contributed by atoms with Crippen molar-refractivity contribution in [2.24, 2.45) is 0 Å². The molecule has 0 fully saturated rings. The fourth-order valence-corrected chi connectivity index (χ4v) is 4.44. The molecule has 1 heterocycles. The van der Waals surface area contributed by atoms with Crippen LogP contribution in [0, 0.1) is 5.82 Å². The van der Waals surface area contributed by atoms with Gasteiger partial charge in [-0.3, -0.25) is 0 Å². The van der Waals surface area contributed by atoms with Crippen molar-refractivity contribution >= 4 is 33.5 Å². The van der Waals surface area contributed by atoms with Crippen LogP contribution in [0.2, 0.25) is 0 Å². The molecule has 5 nitrogen and oxygen atoms in total. The Labute approximate surface area is 194 Å². The second kappa shape index (κ2) is 9.75. The van der Waals surface area contributed by atoms with Crippen LogP contribution in [0.3, 0.4) is 0 Å². The van der Waals surface area contributed by atoms with Gasteiger partial charge in [-0.15, -0.1) is 11.3 Å². The van der Waals surface area contributed by atoms with Crippen LogP contribution in [0.5, 0.6) is 23.0 Å². The number of carbonyl (C=O) groups is 1. The summed E-state index contributed by atoms with van der Waals surface area (Å²) in [5, 5.41) is 0.652. The fourth-order valence-electron chi connectivity index (χ4n) is 3.28. The molecule has 0 saturated heterocycles. The van der Waals surface area contributed by atoms with E-state index in [2.05, 4.69) is 4.74 Å². The van der Waals surface area contributed by atoms with E-state index in [1.54, 1.807) is 37.5 Å². The van der Waals surface area contributed by atoms with Crippen LogP contribution < -0.4 is 14.2 Å². The SMILES string of the molecule is COC(=O)/C=C/c1ccc(Oc2c(-c3ccc(OC)cc3)sc3c(F)c(OC)ccc23)cc1. The van der Waals surface area contributed by atoms with E-state index in [1.807, 2.05) is 36.4 Å². The lowest BCUT2D eigenvalue weighted by molar-refractivity contribution is -0.134. The summed E-state index contributed by atoms with van der Waals surface area (Å²) in [6.45, 7) is 0. The first-order valence-electron chi connectivity index (χ1n) is 10.0. The number of benzene rings is 3. The molecular formula is C26H21FO5S. The quantitative estimate of drug-likeness (QED) is 0.225. The predicted octanol–water partition coefficient (Wildman–Crippen LogP) is 6.70. The van der Waals surface area contributed by atoms with E-state index in [9.17, 15) is 4.79 Å². The molecule has 0 aliphatic rings. The lowest BCUT2D eigenvalue weighted by Gasteiger charge is -2.09. The molecular weight excluding hydrogens is 443 g/mol. The molecule has 0 atom stereocenters. The molecule has 0 spiro atoms. The molecule has 7 heteroatoms. The standard InChI is InChI=1S/C26H21FO5S/c1-29-18-11-7-17(8-12-18)25-24(20-13-14-21(30-2)23(27)26(20)33-25)32-19-9-4-16(5-10-19)6-15-22(28)31-3/h4-15H,1-3H3/b15-6+. The van der Waals surface area contributed by atoms with Gasteiger partial charge in [0.1, 0.15) is 11.5 Å². The Morgan fingerprint density at radius 3 is 2.21 bits per heavy atom. The van der Waals surface area contributed by atoms with Gasteiger partial charge in [0, 0.05) is 11.5 Å². The topological polar surface area (TPSA) is 54.0 Å². The van der Waals surface area contributed by atoms with E-state index >= 15 is 4.39 Å². The van der Waals surface area contributed by atoms with E-state index in [0.29, 0.717) is 21.6 Å². The minimum atomic E-state index is -0.429. The number of rotatable bonds is 7. The Balaban J connectivity index is 1.75. The van der Waals surface area contributed by atoms with Crippen molar-refractivity contribution in [1.82, 2.24) is 0 Å². The monoisotopic (exact) mass is 464 g/mol. The molecule has 3 aromatic carbocycles. The third-order valence-corrected chi connectivity index (χ3v) is 6.23. The first kappa shape index (κ1) is 22.4. The molecule has 0 unspecified atom stereocenters. The molecule has 1 aromatic heterocycles. The summed E-state index contributed by atoms with van der Waals surface area (Å²) in [6, 6.07) is 18.1. The highest BCUT2D eigenvalue weighted by atomic mass is 32.1. The van der Waals surface area contributed by atoms with Crippen LogP contribution >= 0.6 is 11.3 Å². The zero-order valence-electron chi connectivity index (χ0n) is 18.3. The molecule has 0 aliphatic heterocycles. The van der Waals surface area contributed by atoms with Crippen molar-refractivity contribution in [3.05, 3.63) is 78.1 Å². The van der Waals surface area contributed by atoms with E-state index in [4.69, 9.17) is 14.2 Å². The molecule has 168 valence electrons. The minimum absolute atomic E-state index is 0.179. The fraction of sp³-hybridized carbons (Fsp3) is 0.115. The van der Waals surface area contributed by atoms with E-state index in [0.717, 1.165) is 21.8 Å². The summed E-state index contributed by atoms with van der Waals surface area (Å²) in [7, 11) is 4.37. The highest BCUT2D eigenvalue weighted by Gasteiger charge is 2.21. The van der Waals surface area contributed by atoms with Crippen LogP contribution in [0.25, 0.3) is 26.6 Å². The number of methoxy groups -OCH3 is 3. The zero-order chi connectivity index (χ0) is 23.4. The van der Waals surface area contributed by atoms with Gasteiger partial charge in [0.25, 0.3) is 0 Å². The van der Waals surface area contributed by atoms with Gasteiger partial charge >= 0.3 is 5.97 Å². The summed E-state index contributed by atoms with van der Waals surface area (Å²) in [4.78, 5) is 12.1. The molecule has 0 N–H and O–H groups in total. The Kier molecular flexibility index (Phi) is 6.60. The van der Waals surface area contributed by atoms with Gasteiger partial charge in [0.15, 0.2) is 17.3 Å². The van der Waals surface area contributed by atoms with Crippen LogP contribution in [-0.2, 0) is 9.53 Å². The first-order valence-corrected chi connectivity index (χ1v) is 10.8. The van der Waals surface area contributed by atoms with Gasteiger partial charge in [0.05, 0.1) is 30.9 Å². The van der Waals surface area contributed by atoms with Crippen molar-refractivity contribution in [3.63, 3.8) is 0 Å². The normalized spacial score (nSPS) is 11.0. The molecule has 0 aliphatic carbocycles.